The highest BCUT2D eigenvalue weighted by Crippen LogP contribution is 2.40. The maximum Gasteiger partial charge on any atom is 0.312 e. The summed E-state index contributed by atoms with van der Waals surface area (Å²) in [4.78, 5) is 16.9. The molecule has 0 spiro atoms. The quantitative estimate of drug-likeness (QED) is 0.901. The van der Waals surface area contributed by atoms with Crippen molar-refractivity contribution in [1.29, 1.82) is 0 Å². The van der Waals surface area contributed by atoms with Crippen LogP contribution in [0, 0.1) is 6.92 Å². The number of aromatic nitrogens is 1. The Balaban J connectivity index is 2.04. The van der Waals surface area contributed by atoms with Gasteiger partial charge in [-0.15, -0.1) is 11.3 Å². The number of carbonyl (C=O) groups is 1. The molecule has 1 N–H and O–H groups in total. The highest BCUT2D eigenvalue weighted by molar-refractivity contribution is 9.10. The summed E-state index contributed by atoms with van der Waals surface area (Å²) in [5.41, 5.74) is 3.01. The van der Waals surface area contributed by atoms with Crippen LogP contribution in [0.25, 0.3) is 10.6 Å². The SMILES string of the molecule is Cc1cc(Br)ccc1-c1nc2c(s1)CCC2C(=O)O. The van der Waals surface area contributed by atoms with E-state index in [0.29, 0.717) is 6.42 Å². The van der Waals surface area contributed by atoms with Crippen LogP contribution in [0.4, 0.5) is 0 Å². The van der Waals surface area contributed by atoms with Gasteiger partial charge in [0.25, 0.3) is 0 Å². The number of nitrogens with zero attached hydrogens (tertiary/aromatic N) is 1. The van der Waals surface area contributed by atoms with Crippen LogP contribution in [0.1, 0.15) is 28.5 Å². The smallest absolute Gasteiger partial charge is 0.312 e. The van der Waals surface area contributed by atoms with Gasteiger partial charge in [0.15, 0.2) is 0 Å². The second-order valence-corrected chi connectivity index (χ2v) is 6.72. The van der Waals surface area contributed by atoms with Crippen LogP contribution in [0.3, 0.4) is 0 Å². The van der Waals surface area contributed by atoms with Crippen LogP contribution < -0.4 is 0 Å². The first-order chi connectivity index (χ1) is 9.06. The Morgan fingerprint density at radius 3 is 3.00 bits per heavy atom. The lowest BCUT2D eigenvalue weighted by atomic mass is 10.1. The third-order valence-corrected chi connectivity index (χ3v) is 5.09. The Hall–Kier alpha value is -1.20. The van der Waals surface area contributed by atoms with E-state index in [1.807, 2.05) is 19.1 Å². The molecule has 1 aliphatic rings. The molecule has 1 atom stereocenters. The van der Waals surface area contributed by atoms with Crippen molar-refractivity contribution in [3.05, 3.63) is 38.8 Å². The molecule has 0 amide bonds. The molecule has 19 heavy (non-hydrogen) atoms. The van der Waals surface area contributed by atoms with Crippen LogP contribution >= 0.6 is 27.3 Å². The summed E-state index contributed by atoms with van der Waals surface area (Å²) in [5.74, 6) is -1.18. The molecule has 0 radical (unpaired) electrons. The number of hydrogen-bond donors (Lipinski definition) is 1. The van der Waals surface area contributed by atoms with Crippen LogP contribution in [0.15, 0.2) is 22.7 Å². The monoisotopic (exact) mass is 337 g/mol. The minimum absolute atomic E-state index is 0.421. The molecule has 3 rings (SSSR count). The van der Waals surface area contributed by atoms with E-state index in [4.69, 9.17) is 0 Å². The molecule has 3 nitrogen and oxygen atoms in total. The van der Waals surface area contributed by atoms with Crippen LogP contribution in [-0.2, 0) is 11.2 Å². The number of rotatable bonds is 2. The predicted molar refractivity (Wildman–Crippen MR) is 78.7 cm³/mol. The van der Waals surface area contributed by atoms with Gasteiger partial charge in [0.05, 0.1) is 5.69 Å². The summed E-state index contributed by atoms with van der Waals surface area (Å²) in [6, 6.07) is 6.07. The van der Waals surface area contributed by atoms with E-state index in [2.05, 4.69) is 27.0 Å². The number of carboxylic acids is 1. The molecular weight excluding hydrogens is 326 g/mol. The highest BCUT2D eigenvalue weighted by atomic mass is 79.9. The lowest BCUT2D eigenvalue weighted by Gasteiger charge is -2.04. The summed E-state index contributed by atoms with van der Waals surface area (Å²) in [5, 5.41) is 10.1. The molecule has 1 aromatic heterocycles. The first-order valence-electron chi connectivity index (χ1n) is 6.05. The van der Waals surface area contributed by atoms with Gasteiger partial charge in [-0.2, -0.15) is 0 Å². The zero-order valence-corrected chi connectivity index (χ0v) is 12.7. The number of carboxylic acid groups (broad SMARTS) is 1. The highest BCUT2D eigenvalue weighted by Gasteiger charge is 2.32. The van der Waals surface area contributed by atoms with Crippen molar-refractivity contribution >= 4 is 33.2 Å². The summed E-state index contributed by atoms with van der Waals surface area (Å²) in [6.07, 6.45) is 1.52. The van der Waals surface area contributed by atoms with Gasteiger partial charge in [0, 0.05) is 14.9 Å². The molecule has 0 bridgehead atoms. The Morgan fingerprint density at radius 2 is 2.32 bits per heavy atom. The van der Waals surface area contributed by atoms with Gasteiger partial charge >= 0.3 is 5.97 Å². The van der Waals surface area contributed by atoms with Crippen molar-refractivity contribution in [3.63, 3.8) is 0 Å². The Kier molecular flexibility index (Phi) is 3.19. The van der Waals surface area contributed by atoms with E-state index >= 15 is 0 Å². The first kappa shape index (κ1) is 12.8. The molecule has 1 unspecified atom stereocenters. The van der Waals surface area contributed by atoms with Gasteiger partial charge in [-0.1, -0.05) is 22.0 Å². The van der Waals surface area contributed by atoms with Gasteiger partial charge in [-0.3, -0.25) is 4.79 Å². The summed E-state index contributed by atoms with van der Waals surface area (Å²) >= 11 is 5.07. The van der Waals surface area contributed by atoms with Crippen molar-refractivity contribution in [2.75, 3.05) is 0 Å². The minimum atomic E-state index is -0.761. The normalized spacial score (nSPS) is 17.5. The summed E-state index contributed by atoms with van der Waals surface area (Å²) in [6.45, 7) is 2.04. The molecule has 1 aliphatic carbocycles. The average molecular weight is 338 g/mol. The Bertz CT molecular complexity index is 665. The fourth-order valence-corrected chi connectivity index (χ4v) is 4.15. The number of benzene rings is 1. The fraction of sp³-hybridized carbons (Fsp3) is 0.286. The number of thiazole rings is 1. The molecule has 98 valence electrons. The minimum Gasteiger partial charge on any atom is -0.481 e. The largest absolute Gasteiger partial charge is 0.481 e. The lowest BCUT2D eigenvalue weighted by molar-refractivity contribution is -0.138. The third-order valence-electron chi connectivity index (χ3n) is 3.43. The standard InChI is InChI=1S/C14H12BrNO2S/c1-7-6-8(15)2-3-9(7)13-16-12-10(14(17)18)4-5-11(12)19-13/h2-3,6,10H,4-5H2,1H3,(H,17,18). The van der Waals surface area contributed by atoms with Gasteiger partial charge in [0.2, 0.25) is 0 Å². The van der Waals surface area contributed by atoms with Crippen molar-refractivity contribution < 1.29 is 9.90 Å². The Labute approximate surface area is 123 Å². The zero-order valence-electron chi connectivity index (χ0n) is 10.3. The number of halogens is 1. The second kappa shape index (κ2) is 4.72. The van der Waals surface area contributed by atoms with E-state index in [0.717, 1.165) is 37.6 Å². The average Bonchev–Trinajstić information content (AvgIpc) is 2.87. The van der Waals surface area contributed by atoms with Crippen LogP contribution in [-0.4, -0.2) is 16.1 Å². The maximum absolute atomic E-state index is 11.2. The van der Waals surface area contributed by atoms with Crippen molar-refractivity contribution in [2.24, 2.45) is 0 Å². The molecule has 0 saturated heterocycles. The van der Waals surface area contributed by atoms with E-state index in [1.54, 1.807) is 11.3 Å². The van der Waals surface area contributed by atoms with Gasteiger partial charge in [-0.05, 0) is 37.5 Å². The zero-order chi connectivity index (χ0) is 13.6. The molecule has 0 aliphatic heterocycles. The van der Waals surface area contributed by atoms with E-state index < -0.39 is 11.9 Å². The van der Waals surface area contributed by atoms with Crippen molar-refractivity contribution in [3.8, 4) is 10.6 Å². The molecule has 5 heteroatoms. The number of hydrogen-bond acceptors (Lipinski definition) is 3. The van der Waals surface area contributed by atoms with Gasteiger partial charge in [0.1, 0.15) is 10.9 Å². The van der Waals surface area contributed by atoms with E-state index in [-0.39, 0.29) is 0 Å². The number of aryl methyl sites for hydroxylation is 2. The number of aliphatic carboxylic acids is 1. The van der Waals surface area contributed by atoms with E-state index in [9.17, 15) is 9.90 Å². The topological polar surface area (TPSA) is 50.2 Å². The first-order valence-corrected chi connectivity index (χ1v) is 7.66. The Morgan fingerprint density at radius 1 is 1.53 bits per heavy atom. The molecular formula is C14H12BrNO2S. The third kappa shape index (κ3) is 2.21. The summed E-state index contributed by atoms with van der Waals surface area (Å²) < 4.78 is 1.04. The molecule has 0 fully saturated rings. The van der Waals surface area contributed by atoms with Crippen LogP contribution in [0.5, 0.6) is 0 Å². The molecule has 1 heterocycles. The second-order valence-electron chi connectivity index (χ2n) is 4.72. The predicted octanol–water partition coefficient (Wildman–Crippen LogP) is 4.00. The molecule has 1 aromatic carbocycles. The maximum atomic E-state index is 11.2. The van der Waals surface area contributed by atoms with Gasteiger partial charge in [-0.25, -0.2) is 4.98 Å². The van der Waals surface area contributed by atoms with E-state index in [1.165, 1.54) is 0 Å². The van der Waals surface area contributed by atoms with Crippen LogP contribution in [0.2, 0.25) is 0 Å². The number of fused-ring (bicyclic) bond motifs is 1. The fourth-order valence-electron chi connectivity index (χ4n) is 2.45. The molecule has 0 saturated carbocycles. The summed E-state index contributed by atoms with van der Waals surface area (Å²) in [7, 11) is 0. The van der Waals surface area contributed by atoms with Gasteiger partial charge < -0.3 is 5.11 Å². The lowest BCUT2D eigenvalue weighted by Crippen LogP contribution is -2.08. The molecule has 2 aromatic rings. The van der Waals surface area contributed by atoms with Crippen molar-refractivity contribution in [1.82, 2.24) is 4.98 Å². The van der Waals surface area contributed by atoms with Crippen molar-refractivity contribution in [2.45, 2.75) is 25.7 Å².